The number of imidazole rings is 1. The van der Waals surface area contributed by atoms with Crippen molar-refractivity contribution < 1.29 is 0 Å². The molecule has 4 heteroatoms. The van der Waals surface area contributed by atoms with Crippen molar-refractivity contribution in [2.24, 2.45) is 7.05 Å². The maximum atomic E-state index is 4.67. The van der Waals surface area contributed by atoms with Crippen molar-refractivity contribution in [2.45, 2.75) is 5.37 Å². The summed E-state index contributed by atoms with van der Waals surface area (Å²) in [6.07, 6.45) is 0. The van der Waals surface area contributed by atoms with Gasteiger partial charge in [0.05, 0.1) is 11.0 Å². The predicted octanol–water partition coefficient (Wildman–Crippen LogP) is 1.91. The van der Waals surface area contributed by atoms with Gasteiger partial charge in [0, 0.05) is 19.3 Å². The molecule has 0 bridgehead atoms. The quantitative estimate of drug-likeness (QED) is 0.794. The molecule has 1 unspecified atom stereocenters. The number of benzene rings is 1. The number of fused-ring (bicyclic) bond motifs is 1. The van der Waals surface area contributed by atoms with E-state index in [9.17, 15) is 0 Å². The van der Waals surface area contributed by atoms with Crippen LogP contribution in [0.25, 0.3) is 11.0 Å². The summed E-state index contributed by atoms with van der Waals surface area (Å²) in [5.41, 5.74) is 2.30. The highest BCUT2D eigenvalue weighted by Gasteiger charge is 2.21. The molecule has 1 fully saturated rings. The average Bonchev–Trinajstić information content (AvgIpc) is 2.87. The van der Waals surface area contributed by atoms with Gasteiger partial charge in [-0.15, -0.1) is 11.8 Å². The van der Waals surface area contributed by atoms with Crippen LogP contribution in [0.15, 0.2) is 24.3 Å². The fourth-order valence-corrected chi connectivity index (χ4v) is 3.06. The third-order valence-electron chi connectivity index (χ3n) is 2.77. The number of thioether (sulfide) groups is 1. The Morgan fingerprint density at radius 2 is 2.33 bits per heavy atom. The standard InChI is InChI=1S/C11H13N3S/c1-14-9-5-3-2-4-8(9)13-10(14)11-12-6-7-15-11/h2-5,11-12H,6-7H2,1H3. The first-order chi connectivity index (χ1) is 7.36. The Balaban J connectivity index is 2.14. The molecule has 0 saturated carbocycles. The Bertz CT molecular complexity index is 486. The molecule has 0 amide bonds. The van der Waals surface area contributed by atoms with Crippen LogP contribution in [-0.4, -0.2) is 21.8 Å². The molecule has 3 nitrogen and oxygen atoms in total. The molecule has 1 aliphatic heterocycles. The number of rotatable bonds is 1. The van der Waals surface area contributed by atoms with Crippen molar-refractivity contribution in [1.29, 1.82) is 0 Å². The Hall–Kier alpha value is -1.00. The lowest BCUT2D eigenvalue weighted by Crippen LogP contribution is -2.15. The summed E-state index contributed by atoms with van der Waals surface area (Å²) in [4.78, 5) is 4.67. The zero-order valence-corrected chi connectivity index (χ0v) is 9.42. The van der Waals surface area contributed by atoms with Gasteiger partial charge in [0.15, 0.2) is 0 Å². The highest BCUT2D eigenvalue weighted by molar-refractivity contribution is 7.99. The van der Waals surface area contributed by atoms with Crippen LogP contribution in [0.2, 0.25) is 0 Å². The third-order valence-corrected chi connectivity index (χ3v) is 3.92. The zero-order valence-electron chi connectivity index (χ0n) is 8.60. The highest BCUT2D eigenvalue weighted by atomic mass is 32.2. The number of aromatic nitrogens is 2. The summed E-state index contributed by atoms with van der Waals surface area (Å²) in [6.45, 7) is 1.08. The van der Waals surface area contributed by atoms with Crippen molar-refractivity contribution in [3.63, 3.8) is 0 Å². The zero-order chi connectivity index (χ0) is 10.3. The highest BCUT2D eigenvalue weighted by Crippen LogP contribution is 2.30. The van der Waals surface area contributed by atoms with Crippen molar-refractivity contribution in [1.82, 2.24) is 14.9 Å². The molecule has 0 aliphatic carbocycles. The average molecular weight is 219 g/mol. The largest absolute Gasteiger partial charge is 0.329 e. The van der Waals surface area contributed by atoms with E-state index in [0.29, 0.717) is 5.37 Å². The van der Waals surface area contributed by atoms with Crippen LogP contribution in [0, 0.1) is 0 Å². The second-order valence-electron chi connectivity index (χ2n) is 3.72. The monoisotopic (exact) mass is 219 g/mol. The molecular formula is C11H13N3S. The van der Waals surface area contributed by atoms with Gasteiger partial charge in [-0.25, -0.2) is 4.98 Å². The molecule has 2 heterocycles. The minimum atomic E-state index is 0.363. The summed E-state index contributed by atoms with van der Waals surface area (Å²) < 4.78 is 2.19. The fraction of sp³-hybridized carbons (Fsp3) is 0.364. The van der Waals surface area contributed by atoms with Gasteiger partial charge in [0.2, 0.25) is 0 Å². The number of para-hydroxylation sites is 2. The number of hydrogen-bond acceptors (Lipinski definition) is 3. The number of aryl methyl sites for hydroxylation is 1. The minimum absolute atomic E-state index is 0.363. The minimum Gasteiger partial charge on any atom is -0.329 e. The Morgan fingerprint density at radius 3 is 3.07 bits per heavy atom. The van der Waals surface area contributed by atoms with E-state index in [1.807, 2.05) is 17.8 Å². The van der Waals surface area contributed by atoms with Gasteiger partial charge in [0.1, 0.15) is 11.2 Å². The van der Waals surface area contributed by atoms with E-state index in [2.05, 4.69) is 40.1 Å². The van der Waals surface area contributed by atoms with E-state index in [1.165, 1.54) is 11.3 Å². The summed E-state index contributed by atoms with van der Waals surface area (Å²) >= 11 is 1.93. The summed E-state index contributed by atoms with van der Waals surface area (Å²) in [7, 11) is 2.09. The molecule has 1 saturated heterocycles. The second kappa shape index (κ2) is 3.54. The number of nitrogens with zero attached hydrogens (tertiary/aromatic N) is 2. The summed E-state index contributed by atoms with van der Waals surface area (Å²) in [6, 6.07) is 8.28. The summed E-state index contributed by atoms with van der Waals surface area (Å²) in [5.74, 6) is 2.31. The molecule has 1 aromatic heterocycles. The molecule has 78 valence electrons. The van der Waals surface area contributed by atoms with Gasteiger partial charge in [-0.1, -0.05) is 12.1 Å². The molecule has 1 N–H and O–H groups in total. The van der Waals surface area contributed by atoms with Crippen LogP contribution in [-0.2, 0) is 7.05 Å². The molecular weight excluding hydrogens is 206 g/mol. The summed E-state index contributed by atoms with van der Waals surface area (Å²) in [5, 5.41) is 3.82. The first-order valence-corrected chi connectivity index (χ1v) is 6.17. The Morgan fingerprint density at radius 1 is 1.47 bits per heavy atom. The molecule has 1 atom stereocenters. The number of hydrogen-bond donors (Lipinski definition) is 1. The second-order valence-corrected chi connectivity index (χ2v) is 4.94. The Kier molecular flexibility index (Phi) is 2.18. The molecule has 0 spiro atoms. The normalized spacial score (nSPS) is 21.3. The fourth-order valence-electron chi connectivity index (χ4n) is 1.99. The van der Waals surface area contributed by atoms with E-state index in [0.717, 1.165) is 17.9 Å². The van der Waals surface area contributed by atoms with E-state index in [1.54, 1.807) is 0 Å². The lowest BCUT2D eigenvalue weighted by atomic mass is 10.3. The van der Waals surface area contributed by atoms with Crippen LogP contribution in [0.4, 0.5) is 0 Å². The first kappa shape index (κ1) is 9.24. The van der Waals surface area contributed by atoms with Gasteiger partial charge >= 0.3 is 0 Å². The van der Waals surface area contributed by atoms with Crippen molar-refractivity contribution in [3.8, 4) is 0 Å². The Labute approximate surface area is 92.9 Å². The van der Waals surface area contributed by atoms with E-state index in [4.69, 9.17) is 0 Å². The van der Waals surface area contributed by atoms with Crippen molar-refractivity contribution in [3.05, 3.63) is 30.1 Å². The van der Waals surface area contributed by atoms with Crippen LogP contribution >= 0.6 is 11.8 Å². The third kappa shape index (κ3) is 1.44. The maximum Gasteiger partial charge on any atom is 0.137 e. The molecule has 1 aliphatic rings. The lowest BCUT2D eigenvalue weighted by molar-refractivity contribution is 0.681. The van der Waals surface area contributed by atoms with Crippen LogP contribution in [0.5, 0.6) is 0 Å². The SMILES string of the molecule is Cn1c(C2NCCS2)nc2ccccc21. The molecule has 15 heavy (non-hydrogen) atoms. The van der Waals surface area contributed by atoms with Crippen LogP contribution in [0.3, 0.4) is 0 Å². The number of nitrogens with one attached hydrogen (secondary N) is 1. The van der Waals surface area contributed by atoms with Crippen molar-refractivity contribution >= 4 is 22.8 Å². The smallest absolute Gasteiger partial charge is 0.137 e. The topological polar surface area (TPSA) is 29.9 Å². The molecule has 1 aromatic carbocycles. The van der Waals surface area contributed by atoms with Crippen molar-refractivity contribution in [2.75, 3.05) is 12.3 Å². The van der Waals surface area contributed by atoms with Gasteiger partial charge in [0.25, 0.3) is 0 Å². The van der Waals surface area contributed by atoms with E-state index >= 15 is 0 Å². The first-order valence-electron chi connectivity index (χ1n) is 5.12. The maximum absolute atomic E-state index is 4.67. The van der Waals surface area contributed by atoms with Gasteiger partial charge < -0.3 is 4.57 Å². The lowest BCUT2D eigenvalue weighted by Gasteiger charge is -2.08. The molecule has 2 aromatic rings. The predicted molar refractivity (Wildman–Crippen MR) is 63.9 cm³/mol. The van der Waals surface area contributed by atoms with Gasteiger partial charge in [-0.2, -0.15) is 0 Å². The van der Waals surface area contributed by atoms with Gasteiger partial charge in [-0.3, -0.25) is 5.32 Å². The molecule has 3 rings (SSSR count). The van der Waals surface area contributed by atoms with E-state index < -0.39 is 0 Å². The van der Waals surface area contributed by atoms with Crippen LogP contribution < -0.4 is 5.32 Å². The van der Waals surface area contributed by atoms with E-state index in [-0.39, 0.29) is 0 Å². The molecule has 0 radical (unpaired) electrons. The van der Waals surface area contributed by atoms with Gasteiger partial charge in [-0.05, 0) is 12.1 Å². The van der Waals surface area contributed by atoms with Crippen LogP contribution in [0.1, 0.15) is 11.2 Å².